The van der Waals surface area contributed by atoms with Crippen molar-refractivity contribution in [2.45, 2.75) is 31.7 Å². The molecule has 18 heavy (non-hydrogen) atoms. The van der Waals surface area contributed by atoms with Crippen LogP contribution in [0.25, 0.3) is 0 Å². The molecule has 92 valence electrons. The predicted molar refractivity (Wildman–Crippen MR) is 70.3 cm³/mol. The van der Waals surface area contributed by atoms with Crippen molar-refractivity contribution in [3.05, 3.63) is 48.2 Å². The number of anilines is 1. The Labute approximate surface area is 107 Å². The number of rotatable bonds is 4. The van der Waals surface area contributed by atoms with E-state index in [1.54, 1.807) is 6.33 Å². The zero-order valence-electron chi connectivity index (χ0n) is 10.4. The van der Waals surface area contributed by atoms with Crippen LogP contribution >= 0.6 is 0 Å². The molecule has 3 rings (SSSR count). The first-order valence-electron chi connectivity index (χ1n) is 6.31. The molecule has 0 bridgehead atoms. The summed E-state index contributed by atoms with van der Waals surface area (Å²) >= 11 is 0. The van der Waals surface area contributed by atoms with Crippen molar-refractivity contribution in [3.63, 3.8) is 0 Å². The highest BCUT2D eigenvalue weighted by atomic mass is 15.0. The van der Waals surface area contributed by atoms with Gasteiger partial charge in [0.25, 0.3) is 0 Å². The molecular formula is C14H16N4. The van der Waals surface area contributed by atoms with Crippen LogP contribution in [0, 0.1) is 0 Å². The Morgan fingerprint density at radius 2 is 2.00 bits per heavy atom. The van der Waals surface area contributed by atoms with E-state index in [9.17, 15) is 0 Å². The summed E-state index contributed by atoms with van der Waals surface area (Å²) in [6.07, 6.45) is 7.79. The highest BCUT2D eigenvalue weighted by Crippen LogP contribution is 2.39. The summed E-state index contributed by atoms with van der Waals surface area (Å²) in [7, 11) is 0. The monoisotopic (exact) mass is 240 g/mol. The van der Waals surface area contributed by atoms with Gasteiger partial charge in [-0.05, 0) is 37.5 Å². The van der Waals surface area contributed by atoms with E-state index >= 15 is 0 Å². The lowest BCUT2D eigenvalue weighted by atomic mass is 10.1. The maximum Gasteiger partial charge on any atom is 0.130 e. The van der Waals surface area contributed by atoms with E-state index in [1.807, 2.05) is 24.5 Å². The van der Waals surface area contributed by atoms with Gasteiger partial charge in [-0.3, -0.25) is 4.98 Å². The summed E-state index contributed by atoms with van der Waals surface area (Å²) in [5.74, 6) is 1.56. The second-order valence-corrected chi connectivity index (χ2v) is 4.75. The van der Waals surface area contributed by atoms with Crippen LogP contribution in [0.2, 0.25) is 0 Å². The fourth-order valence-corrected chi connectivity index (χ4v) is 2.01. The van der Waals surface area contributed by atoms with Crippen LogP contribution < -0.4 is 5.32 Å². The van der Waals surface area contributed by atoms with Crippen molar-refractivity contribution in [2.75, 3.05) is 5.32 Å². The molecule has 0 aliphatic heterocycles. The van der Waals surface area contributed by atoms with Gasteiger partial charge in [0.15, 0.2) is 0 Å². The molecule has 0 saturated heterocycles. The summed E-state index contributed by atoms with van der Waals surface area (Å²) in [5, 5.41) is 3.40. The minimum absolute atomic E-state index is 0.218. The first-order valence-corrected chi connectivity index (χ1v) is 6.31. The average Bonchev–Trinajstić information content (AvgIpc) is 3.24. The quantitative estimate of drug-likeness (QED) is 0.892. The van der Waals surface area contributed by atoms with Gasteiger partial charge < -0.3 is 5.32 Å². The number of pyridine rings is 1. The summed E-state index contributed by atoms with van der Waals surface area (Å²) in [6.45, 7) is 2.12. The Morgan fingerprint density at radius 3 is 2.72 bits per heavy atom. The Morgan fingerprint density at radius 1 is 1.22 bits per heavy atom. The minimum atomic E-state index is 0.218. The lowest BCUT2D eigenvalue weighted by molar-refractivity contribution is 0.862. The Kier molecular flexibility index (Phi) is 2.92. The predicted octanol–water partition coefficient (Wildman–Crippen LogP) is 2.92. The standard InChI is InChI=1S/C14H16N4/c1-10(11-4-6-15-7-5-11)18-14-8-13(12-2-3-12)16-9-17-14/h4-10,12H,2-3H2,1H3,(H,16,17,18). The van der Waals surface area contributed by atoms with Crippen LogP contribution in [-0.4, -0.2) is 15.0 Å². The van der Waals surface area contributed by atoms with Crippen molar-refractivity contribution in [2.24, 2.45) is 0 Å². The van der Waals surface area contributed by atoms with Gasteiger partial charge in [-0.15, -0.1) is 0 Å². The van der Waals surface area contributed by atoms with E-state index in [1.165, 1.54) is 18.4 Å². The highest BCUT2D eigenvalue weighted by Gasteiger charge is 2.25. The van der Waals surface area contributed by atoms with E-state index < -0.39 is 0 Å². The lowest BCUT2D eigenvalue weighted by Gasteiger charge is -2.14. The highest BCUT2D eigenvalue weighted by molar-refractivity contribution is 5.39. The van der Waals surface area contributed by atoms with Gasteiger partial charge >= 0.3 is 0 Å². The van der Waals surface area contributed by atoms with E-state index in [0.29, 0.717) is 5.92 Å². The van der Waals surface area contributed by atoms with E-state index in [2.05, 4.69) is 33.3 Å². The van der Waals surface area contributed by atoms with Crippen LogP contribution in [0.5, 0.6) is 0 Å². The molecule has 4 nitrogen and oxygen atoms in total. The number of nitrogens with zero attached hydrogens (tertiary/aromatic N) is 3. The zero-order chi connectivity index (χ0) is 12.4. The molecule has 4 heteroatoms. The van der Waals surface area contributed by atoms with Crippen LogP contribution in [0.1, 0.15) is 43.0 Å². The molecule has 0 aromatic carbocycles. The first-order chi connectivity index (χ1) is 8.83. The fraction of sp³-hybridized carbons (Fsp3) is 0.357. The molecule has 2 heterocycles. The van der Waals surface area contributed by atoms with Gasteiger partial charge in [-0.2, -0.15) is 0 Å². The molecule has 0 amide bonds. The van der Waals surface area contributed by atoms with Crippen LogP contribution in [-0.2, 0) is 0 Å². The van der Waals surface area contributed by atoms with Gasteiger partial charge in [-0.25, -0.2) is 9.97 Å². The van der Waals surface area contributed by atoms with Crippen molar-refractivity contribution in [1.29, 1.82) is 0 Å². The molecule has 2 aromatic heterocycles. The normalized spacial score (nSPS) is 16.3. The molecule has 1 aliphatic carbocycles. The van der Waals surface area contributed by atoms with Crippen LogP contribution in [0.15, 0.2) is 36.9 Å². The Balaban J connectivity index is 1.74. The van der Waals surface area contributed by atoms with Crippen molar-refractivity contribution < 1.29 is 0 Å². The molecule has 1 unspecified atom stereocenters. The Hall–Kier alpha value is -1.97. The molecule has 1 N–H and O–H groups in total. The van der Waals surface area contributed by atoms with Crippen molar-refractivity contribution >= 4 is 5.82 Å². The number of hydrogen-bond acceptors (Lipinski definition) is 4. The van der Waals surface area contributed by atoms with Crippen molar-refractivity contribution in [1.82, 2.24) is 15.0 Å². The molecule has 1 aliphatic rings. The second-order valence-electron chi connectivity index (χ2n) is 4.75. The molecule has 2 aromatic rings. The van der Waals surface area contributed by atoms with Crippen LogP contribution in [0.4, 0.5) is 5.82 Å². The third-order valence-electron chi connectivity index (χ3n) is 3.25. The third-order valence-corrected chi connectivity index (χ3v) is 3.25. The van der Waals surface area contributed by atoms with E-state index in [4.69, 9.17) is 0 Å². The lowest BCUT2D eigenvalue weighted by Crippen LogP contribution is -2.08. The minimum Gasteiger partial charge on any atom is -0.363 e. The topological polar surface area (TPSA) is 50.7 Å². The summed E-state index contributed by atoms with van der Waals surface area (Å²) < 4.78 is 0. The Bertz CT molecular complexity index is 522. The number of hydrogen-bond donors (Lipinski definition) is 1. The molecule has 1 fully saturated rings. The summed E-state index contributed by atoms with van der Waals surface area (Å²) in [5.41, 5.74) is 2.37. The van der Waals surface area contributed by atoms with Gasteiger partial charge in [0.2, 0.25) is 0 Å². The van der Waals surface area contributed by atoms with E-state index in [0.717, 1.165) is 11.5 Å². The summed E-state index contributed by atoms with van der Waals surface area (Å²) in [6, 6.07) is 6.31. The molecule has 1 saturated carbocycles. The number of aromatic nitrogens is 3. The maximum absolute atomic E-state index is 4.32. The average molecular weight is 240 g/mol. The smallest absolute Gasteiger partial charge is 0.130 e. The van der Waals surface area contributed by atoms with Crippen LogP contribution in [0.3, 0.4) is 0 Å². The number of nitrogens with one attached hydrogen (secondary N) is 1. The fourth-order valence-electron chi connectivity index (χ4n) is 2.01. The molecule has 1 atom stereocenters. The largest absolute Gasteiger partial charge is 0.363 e. The van der Waals surface area contributed by atoms with Crippen molar-refractivity contribution in [3.8, 4) is 0 Å². The third kappa shape index (κ3) is 2.47. The molecular weight excluding hydrogens is 224 g/mol. The van der Waals surface area contributed by atoms with Gasteiger partial charge in [0.1, 0.15) is 12.1 Å². The first kappa shape index (κ1) is 11.1. The SMILES string of the molecule is CC(Nc1cc(C2CC2)ncn1)c1ccncc1. The van der Waals surface area contributed by atoms with Gasteiger partial charge in [0, 0.05) is 30.1 Å². The molecule has 0 radical (unpaired) electrons. The second kappa shape index (κ2) is 4.72. The summed E-state index contributed by atoms with van der Waals surface area (Å²) in [4.78, 5) is 12.6. The zero-order valence-corrected chi connectivity index (χ0v) is 10.4. The van der Waals surface area contributed by atoms with E-state index in [-0.39, 0.29) is 6.04 Å². The maximum atomic E-state index is 4.32. The van der Waals surface area contributed by atoms with Gasteiger partial charge in [-0.1, -0.05) is 0 Å². The van der Waals surface area contributed by atoms with Gasteiger partial charge in [0.05, 0.1) is 6.04 Å². The molecule has 0 spiro atoms.